The van der Waals surface area contributed by atoms with E-state index >= 15 is 0 Å². The minimum absolute atomic E-state index is 0.289. The second-order valence-electron chi connectivity index (χ2n) is 3.74. The van der Waals surface area contributed by atoms with Gasteiger partial charge in [-0.15, -0.1) is 22.7 Å². The van der Waals surface area contributed by atoms with E-state index in [0.717, 1.165) is 24.9 Å². The van der Waals surface area contributed by atoms with E-state index < -0.39 is 0 Å². The second kappa shape index (κ2) is 6.50. The van der Waals surface area contributed by atoms with Gasteiger partial charge in [-0.2, -0.15) is 0 Å². The van der Waals surface area contributed by atoms with Crippen molar-refractivity contribution in [3.63, 3.8) is 0 Å². The molecule has 9 heteroatoms. The van der Waals surface area contributed by atoms with Crippen molar-refractivity contribution in [3.8, 4) is 0 Å². The molecule has 4 heterocycles. The van der Waals surface area contributed by atoms with Gasteiger partial charge in [0.2, 0.25) is 10.6 Å². The topological polar surface area (TPSA) is 51.6 Å². The number of nitrogens with zero attached hydrogens (tertiary/aromatic N) is 4. The molecule has 0 unspecified atom stereocenters. The van der Waals surface area contributed by atoms with Gasteiger partial charge in [-0.05, 0) is 50.6 Å². The van der Waals surface area contributed by atoms with Crippen LogP contribution >= 0.6 is 61.8 Å². The van der Waals surface area contributed by atoms with Gasteiger partial charge in [-0.1, -0.05) is 0 Å². The Balaban J connectivity index is 0.000000126. The number of halogens is 3. The zero-order valence-corrected chi connectivity index (χ0v) is 14.9. The maximum atomic E-state index is 5.61. The average Bonchev–Trinajstić information content (AvgIpc) is 3.06. The summed E-state index contributed by atoms with van der Waals surface area (Å²) < 4.78 is 3.09. The predicted octanol–water partition coefficient (Wildman–Crippen LogP) is 5.45. The van der Waals surface area contributed by atoms with Gasteiger partial charge in [0.25, 0.3) is 0 Å². The van der Waals surface area contributed by atoms with Gasteiger partial charge in [0.15, 0.2) is 0 Å². The molecular weight excluding hydrogens is 415 g/mol. The summed E-state index contributed by atoms with van der Waals surface area (Å²) in [6.45, 7) is 0. The molecule has 0 bridgehead atoms. The van der Waals surface area contributed by atoms with Crippen LogP contribution in [0.1, 0.15) is 0 Å². The van der Waals surface area contributed by atoms with Gasteiger partial charge >= 0.3 is 0 Å². The van der Waals surface area contributed by atoms with Crippen molar-refractivity contribution < 1.29 is 0 Å². The molecule has 4 aromatic rings. The van der Waals surface area contributed by atoms with Crippen LogP contribution in [0.2, 0.25) is 10.6 Å². The molecule has 21 heavy (non-hydrogen) atoms. The highest BCUT2D eigenvalue weighted by atomic mass is 79.9. The second-order valence-corrected chi connectivity index (χ2v) is 7.13. The van der Waals surface area contributed by atoms with Crippen LogP contribution < -0.4 is 0 Å². The largest absolute Gasteiger partial charge is 0.225 e. The first-order valence-electron chi connectivity index (χ1n) is 5.54. The van der Waals surface area contributed by atoms with E-state index in [2.05, 4.69) is 35.9 Å². The summed E-state index contributed by atoms with van der Waals surface area (Å²) in [5.74, 6) is 0. The predicted molar refractivity (Wildman–Crippen MR) is 92.5 cm³/mol. The van der Waals surface area contributed by atoms with Gasteiger partial charge < -0.3 is 0 Å². The number of rotatable bonds is 0. The minimum atomic E-state index is 0.289. The molecule has 0 aliphatic rings. The van der Waals surface area contributed by atoms with Crippen LogP contribution in [-0.4, -0.2) is 19.9 Å². The monoisotopic (exact) mass is 418 g/mol. The third-order valence-electron chi connectivity index (χ3n) is 2.42. The van der Waals surface area contributed by atoms with Crippen molar-refractivity contribution in [2.45, 2.75) is 0 Å². The molecule has 0 atom stereocenters. The summed E-state index contributed by atoms with van der Waals surface area (Å²) in [5.41, 5.74) is 1.81. The van der Waals surface area contributed by atoms with E-state index in [-0.39, 0.29) is 5.28 Å². The van der Waals surface area contributed by atoms with Crippen molar-refractivity contribution in [1.82, 2.24) is 19.9 Å². The van der Waals surface area contributed by atoms with Crippen LogP contribution in [-0.2, 0) is 0 Å². The fourth-order valence-electron chi connectivity index (χ4n) is 1.52. The number of aromatic nitrogens is 4. The minimum Gasteiger partial charge on any atom is -0.225 e. The molecule has 106 valence electrons. The Kier molecular flexibility index (Phi) is 4.66. The van der Waals surface area contributed by atoms with Crippen molar-refractivity contribution in [2.75, 3.05) is 0 Å². The lowest BCUT2D eigenvalue weighted by Crippen LogP contribution is -1.79. The highest BCUT2D eigenvalue weighted by Crippen LogP contribution is 2.28. The quantitative estimate of drug-likeness (QED) is 0.355. The lowest BCUT2D eigenvalue weighted by molar-refractivity contribution is 1.23. The van der Waals surface area contributed by atoms with Crippen LogP contribution in [0.25, 0.3) is 20.4 Å². The van der Waals surface area contributed by atoms with Crippen molar-refractivity contribution in [2.24, 2.45) is 0 Å². The normalized spacial score (nSPS) is 10.6. The third-order valence-corrected chi connectivity index (χ3v) is 5.43. The molecule has 0 radical (unpaired) electrons. The van der Waals surface area contributed by atoms with E-state index in [0.29, 0.717) is 5.28 Å². The zero-order chi connectivity index (χ0) is 14.8. The number of hydrogen-bond donors (Lipinski definition) is 0. The third kappa shape index (κ3) is 3.49. The molecule has 0 saturated carbocycles. The lowest BCUT2D eigenvalue weighted by atomic mass is 10.5. The lowest BCUT2D eigenvalue weighted by Gasteiger charge is -1.88. The summed E-state index contributed by atoms with van der Waals surface area (Å²) >= 11 is 17.7. The summed E-state index contributed by atoms with van der Waals surface area (Å²) in [5, 5.41) is 4.54. The maximum absolute atomic E-state index is 5.61. The number of fused-ring (bicyclic) bond motifs is 2. The number of thiophene rings is 2. The first-order valence-corrected chi connectivity index (χ1v) is 8.85. The molecule has 0 aliphatic carbocycles. The van der Waals surface area contributed by atoms with Gasteiger partial charge in [0, 0.05) is 17.8 Å². The zero-order valence-electron chi connectivity index (χ0n) is 10.1. The Hall–Kier alpha value is -0.860. The standard InChI is InChI=1S/C6H2BrClN2S.C6H3ClN2S/c7-3-2-11-4-1-9-6(8)10-5(3)4;7-6-8-3-5-4(9-6)1-2-10-5/h1-2H;1-3H. The van der Waals surface area contributed by atoms with Crippen LogP contribution in [0.3, 0.4) is 0 Å². The summed E-state index contributed by atoms with van der Waals surface area (Å²) in [6, 6.07) is 1.92. The molecular formula is C12H5BrCl2N4S2. The summed E-state index contributed by atoms with van der Waals surface area (Å²) in [6.07, 6.45) is 3.45. The molecule has 0 amide bonds. The smallest absolute Gasteiger partial charge is 0.222 e. The molecule has 0 aromatic carbocycles. The van der Waals surface area contributed by atoms with Crippen molar-refractivity contribution >= 4 is 82.2 Å². The van der Waals surface area contributed by atoms with Crippen molar-refractivity contribution in [3.05, 3.63) is 44.3 Å². The van der Waals surface area contributed by atoms with Crippen LogP contribution in [0.4, 0.5) is 0 Å². The van der Waals surface area contributed by atoms with Gasteiger partial charge in [-0.25, -0.2) is 19.9 Å². The molecule has 4 rings (SSSR count). The van der Waals surface area contributed by atoms with E-state index in [4.69, 9.17) is 23.2 Å². The maximum Gasteiger partial charge on any atom is 0.222 e. The molecule has 4 aromatic heterocycles. The fourth-order valence-corrected chi connectivity index (χ4v) is 3.92. The average molecular weight is 420 g/mol. The summed E-state index contributed by atoms with van der Waals surface area (Å²) in [7, 11) is 0. The fraction of sp³-hybridized carbons (Fsp3) is 0. The molecule has 0 fully saturated rings. The molecule has 0 spiro atoms. The molecule has 4 nitrogen and oxygen atoms in total. The first-order chi connectivity index (χ1) is 10.1. The first kappa shape index (κ1) is 15.1. The Morgan fingerprint density at radius 1 is 0.952 bits per heavy atom. The number of hydrogen-bond acceptors (Lipinski definition) is 6. The molecule has 0 aliphatic heterocycles. The SMILES string of the molecule is Clc1ncc2scc(Br)c2n1.Clc1ncc2sccc2n1. The molecule has 0 N–H and O–H groups in total. The van der Waals surface area contributed by atoms with E-state index in [9.17, 15) is 0 Å². The van der Waals surface area contributed by atoms with E-state index in [1.165, 1.54) is 0 Å². The van der Waals surface area contributed by atoms with Crippen LogP contribution in [0.15, 0.2) is 33.7 Å². The highest BCUT2D eigenvalue weighted by Gasteiger charge is 2.03. The van der Waals surface area contributed by atoms with E-state index in [1.807, 2.05) is 16.8 Å². The van der Waals surface area contributed by atoms with Gasteiger partial charge in [0.05, 0.1) is 19.4 Å². The van der Waals surface area contributed by atoms with Crippen molar-refractivity contribution in [1.29, 1.82) is 0 Å². The van der Waals surface area contributed by atoms with Crippen LogP contribution in [0.5, 0.6) is 0 Å². The Morgan fingerprint density at radius 3 is 2.48 bits per heavy atom. The summed E-state index contributed by atoms with van der Waals surface area (Å²) in [4.78, 5) is 15.8. The highest BCUT2D eigenvalue weighted by molar-refractivity contribution is 9.10. The van der Waals surface area contributed by atoms with E-state index in [1.54, 1.807) is 35.1 Å². The molecule has 0 saturated heterocycles. The Bertz CT molecular complexity index is 908. The Labute approximate surface area is 145 Å². The Morgan fingerprint density at radius 2 is 1.67 bits per heavy atom. The van der Waals surface area contributed by atoms with Crippen LogP contribution in [0, 0.1) is 0 Å². The van der Waals surface area contributed by atoms with Gasteiger partial charge in [0.1, 0.15) is 5.52 Å². The van der Waals surface area contributed by atoms with Gasteiger partial charge in [-0.3, -0.25) is 0 Å².